The quantitative estimate of drug-likeness (QED) is 0.746. The predicted octanol–water partition coefficient (Wildman–Crippen LogP) is 1.52. The van der Waals surface area contributed by atoms with Crippen LogP contribution in [0.2, 0.25) is 0 Å². The second-order valence-corrected chi connectivity index (χ2v) is 2.97. The Bertz CT molecular complexity index is 536. The molecule has 0 unspecified atom stereocenters. The fourth-order valence-electron chi connectivity index (χ4n) is 1.38. The summed E-state index contributed by atoms with van der Waals surface area (Å²) in [6.45, 7) is 0. The van der Waals surface area contributed by atoms with Gasteiger partial charge in [-0.15, -0.1) is 10.2 Å². The lowest BCUT2D eigenvalue weighted by Crippen LogP contribution is -2.16. The molecule has 0 bridgehead atoms. The molecule has 16 heavy (non-hydrogen) atoms. The van der Waals surface area contributed by atoms with Gasteiger partial charge in [0, 0.05) is 0 Å². The molecular weight excluding hydrogens is 214 g/mol. The van der Waals surface area contributed by atoms with Gasteiger partial charge in [0.05, 0.1) is 16.8 Å². The molecule has 0 atom stereocenters. The highest BCUT2D eigenvalue weighted by atomic mass is 16.4. The van der Waals surface area contributed by atoms with Crippen LogP contribution in [0, 0.1) is 0 Å². The van der Waals surface area contributed by atoms with Gasteiger partial charge in [0.15, 0.2) is 0 Å². The fourth-order valence-corrected chi connectivity index (χ4v) is 1.38. The van der Waals surface area contributed by atoms with Crippen LogP contribution in [0.15, 0.2) is 28.4 Å². The van der Waals surface area contributed by atoms with E-state index in [0.717, 1.165) is 0 Å². The Morgan fingerprint density at radius 2 is 1.88 bits per heavy atom. The zero-order valence-corrected chi connectivity index (χ0v) is 7.80. The molecule has 80 valence electrons. The highest BCUT2D eigenvalue weighted by Crippen LogP contribution is 2.25. The first-order chi connectivity index (χ1) is 7.59. The highest BCUT2D eigenvalue weighted by Gasteiger charge is 2.25. The van der Waals surface area contributed by atoms with E-state index in [2.05, 4.69) is 10.2 Å². The van der Waals surface area contributed by atoms with Crippen molar-refractivity contribution < 1.29 is 19.5 Å². The highest BCUT2D eigenvalue weighted by molar-refractivity contribution is 6.14. The number of carbonyl (C=O) groups is 3. The van der Waals surface area contributed by atoms with Gasteiger partial charge in [-0.2, -0.15) is 0 Å². The van der Waals surface area contributed by atoms with Crippen molar-refractivity contribution in [2.24, 2.45) is 10.2 Å². The summed E-state index contributed by atoms with van der Waals surface area (Å²) in [7, 11) is 0. The lowest BCUT2D eigenvalue weighted by molar-refractivity contribution is 0.0921. The molecule has 2 rings (SSSR count). The Kier molecular flexibility index (Phi) is 2.20. The summed E-state index contributed by atoms with van der Waals surface area (Å²) < 4.78 is 0. The van der Waals surface area contributed by atoms with Crippen LogP contribution in [0.25, 0.3) is 0 Å². The SMILES string of the molecule is O=C(O)Nc1cccc2c1C(=O)N=NC2=O. The maximum absolute atomic E-state index is 11.4. The summed E-state index contributed by atoms with van der Waals surface area (Å²) >= 11 is 0. The number of hydrogen-bond donors (Lipinski definition) is 2. The van der Waals surface area contributed by atoms with E-state index in [1.54, 1.807) is 0 Å². The number of amides is 3. The Morgan fingerprint density at radius 3 is 2.56 bits per heavy atom. The largest absolute Gasteiger partial charge is 0.465 e. The van der Waals surface area contributed by atoms with Crippen molar-refractivity contribution >= 4 is 23.6 Å². The van der Waals surface area contributed by atoms with Crippen LogP contribution in [-0.2, 0) is 0 Å². The lowest BCUT2D eigenvalue weighted by Gasteiger charge is -2.11. The lowest BCUT2D eigenvalue weighted by atomic mass is 10.0. The maximum atomic E-state index is 11.4. The number of rotatable bonds is 1. The number of benzene rings is 1. The van der Waals surface area contributed by atoms with Crippen molar-refractivity contribution in [2.75, 3.05) is 5.32 Å². The van der Waals surface area contributed by atoms with Gasteiger partial charge < -0.3 is 5.11 Å². The third-order valence-corrected chi connectivity index (χ3v) is 1.98. The van der Waals surface area contributed by atoms with E-state index in [1.807, 2.05) is 5.32 Å². The first-order valence-electron chi connectivity index (χ1n) is 4.23. The minimum absolute atomic E-state index is 0.0296. The van der Waals surface area contributed by atoms with Gasteiger partial charge in [-0.3, -0.25) is 14.9 Å². The van der Waals surface area contributed by atoms with Gasteiger partial charge in [-0.25, -0.2) is 4.79 Å². The van der Waals surface area contributed by atoms with E-state index in [0.29, 0.717) is 0 Å². The summed E-state index contributed by atoms with van der Waals surface area (Å²) in [5.74, 6) is -1.40. The van der Waals surface area contributed by atoms with Crippen LogP contribution >= 0.6 is 0 Å². The Labute approximate surface area is 88.8 Å². The number of nitrogens with zero attached hydrogens (tertiary/aromatic N) is 2. The van der Waals surface area contributed by atoms with Crippen LogP contribution in [-0.4, -0.2) is 23.0 Å². The van der Waals surface area contributed by atoms with Crippen LogP contribution in [0.4, 0.5) is 10.5 Å². The standard InChI is InChI=1S/C9H5N3O4/c13-7-4-2-1-3-5(10-9(15)16)6(4)8(14)12-11-7/h1-3,10H,(H,15,16). The minimum atomic E-state index is -1.32. The second kappa shape index (κ2) is 3.54. The zero-order chi connectivity index (χ0) is 11.7. The van der Waals surface area contributed by atoms with E-state index in [4.69, 9.17) is 5.11 Å². The minimum Gasteiger partial charge on any atom is -0.465 e. The van der Waals surface area contributed by atoms with Crippen LogP contribution in [0.5, 0.6) is 0 Å². The number of carboxylic acid groups (broad SMARTS) is 1. The van der Waals surface area contributed by atoms with Gasteiger partial charge in [0.2, 0.25) is 0 Å². The molecule has 1 heterocycles. The van der Waals surface area contributed by atoms with Crippen molar-refractivity contribution in [3.63, 3.8) is 0 Å². The van der Waals surface area contributed by atoms with Crippen molar-refractivity contribution in [3.8, 4) is 0 Å². The molecule has 3 amide bonds. The molecular formula is C9H5N3O4. The summed E-state index contributed by atoms with van der Waals surface area (Å²) in [6.07, 6.45) is -1.32. The molecule has 0 saturated carbocycles. The second-order valence-electron chi connectivity index (χ2n) is 2.97. The molecule has 0 saturated heterocycles. The Balaban J connectivity index is 2.59. The molecule has 0 fully saturated rings. The van der Waals surface area contributed by atoms with Crippen molar-refractivity contribution in [1.29, 1.82) is 0 Å². The molecule has 7 nitrogen and oxygen atoms in total. The molecule has 2 N–H and O–H groups in total. The van der Waals surface area contributed by atoms with Gasteiger partial charge in [0.1, 0.15) is 0 Å². The molecule has 1 aliphatic heterocycles. The number of carbonyl (C=O) groups excluding carboxylic acids is 2. The third kappa shape index (κ3) is 1.54. The summed E-state index contributed by atoms with van der Waals surface area (Å²) in [6, 6.07) is 4.22. The number of nitrogens with one attached hydrogen (secondary N) is 1. The number of hydrogen-bond acceptors (Lipinski definition) is 3. The van der Waals surface area contributed by atoms with E-state index in [1.165, 1.54) is 18.2 Å². The number of fused-ring (bicyclic) bond motifs is 1. The number of azo groups is 1. The predicted molar refractivity (Wildman–Crippen MR) is 51.6 cm³/mol. The van der Waals surface area contributed by atoms with E-state index < -0.39 is 17.9 Å². The maximum Gasteiger partial charge on any atom is 0.409 e. The summed E-state index contributed by atoms with van der Waals surface area (Å²) in [5, 5.41) is 16.8. The van der Waals surface area contributed by atoms with Crippen LogP contribution in [0.3, 0.4) is 0 Å². The van der Waals surface area contributed by atoms with Gasteiger partial charge in [-0.1, -0.05) is 6.07 Å². The molecule has 0 spiro atoms. The summed E-state index contributed by atoms with van der Waals surface area (Å²) in [4.78, 5) is 33.2. The summed E-state index contributed by atoms with van der Waals surface area (Å²) in [5.41, 5.74) is 0.0122. The van der Waals surface area contributed by atoms with Crippen molar-refractivity contribution in [3.05, 3.63) is 29.3 Å². The topological polar surface area (TPSA) is 108 Å². The van der Waals surface area contributed by atoms with Crippen molar-refractivity contribution in [1.82, 2.24) is 0 Å². The van der Waals surface area contributed by atoms with E-state index >= 15 is 0 Å². The number of anilines is 1. The molecule has 7 heteroatoms. The van der Waals surface area contributed by atoms with E-state index in [-0.39, 0.29) is 16.8 Å². The Morgan fingerprint density at radius 1 is 1.19 bits per heavy atom. The average molecular weight is 219 g/mol. The molecule has 0 aliphatic carbocycles. The van der Waals surface area contributed by atoms with Crippen LogP contribution < -0.4 is 5.32 Å². The molecule has 0 aromatic heterocycles. The third-order valence-electron chi connectivity index (χ3n) is 1.98. The van der Waals surface area contributed by atoms with E-state index in [9.17, 15) is 14.4 Å². The normalized spacial score (nSPS) is 13.5. The molecule has 1 aromatic rings. The molecule has 0 radical (unpaired) electrons. The van der Waals surface area contributed by atoms with Crippen molar-refractivity contribution in [2.45, 2.75) is 0 Å². The zero-order valence-electron chi connectivity index (χ0n) is 7.80. The molecule has 1 aromatic carbocycles. The van der Waals surface area contributed by atoms with Gasteiger partial charge in [-0.05, 0) is 12.1 Å². The fraction of sp³-hybridized carbons (Fsp3) is 0. The first-order valence-corrected chi connectivity index (χ1v) is 4.23. The monoisotopic (exact) mass is 219 g/mol. The Hall–Kier alpha value is -2.57. The average Bonchev–Trinajstić information content (AvgIpc) is 2.23. The van der Waals surface area contributed by atoms with Gasteiger partial charge in [0.25, 0.3) is 11.8 Å². The molecule has 1 aliphatic rings. The van der Waals surface area contributed by atoms with Gasteiger partial charge >= 0.3 is 6.09 Å². The smallest absolute Gasteiger partial charge is 0.409 e. The first kappa shape index (κ1) is 9.97. The van der Waals surface area contributed by atoms with Crippen LogP contribution in [0.1, 0.15) is 20.7 Å².